The number of hydrogen-bond donors (Lipinski definition) is 2. The second kappa shape index (κ2) is 12.4. The van der Waals surface area contributed by atoms with Crippen molar-refractivity contribution in [3.63, 3.8) is 0 Å². The summed E-state index contributed by atoms with van der Waals surface area (Å²) in [7, 11) is 0. The number of thiocarbonyl (C=S) groups is 1. The minimum atomic E-state index is 0.337. The Bertz CT molecular complexity index is 1400. The summed E-state index contributed by atoms with van der Waals surface area (Å²) in [6.45, 7) is 7.18. The topological polar surface area (TPSA) is 77.9 Å². The molecule has 2 heterocycles. The first-order valence-electron chi connectivity index (χ1n) is 12.9. The minimum absolute atomic E-state index is 0.337. The van der Waals surface area contributed by atoms with Gasteiger partial charge >= 0.3 is 0 Å². The maximum Gasteiger partial charge on any atom is 0.229 e. The van der Waals surface area contributed by atoms with Crippen LogP contribution in [0.5, 0.6) is 11.5 Å². The van der Waals surface area contributed by atoms with Gasteiger partial charge in [0.05, 0.1) is 0 Å². The van der Waals surface area contributed by atoms with Crippen LogP contribution < -0.4 is 20.3 Å². The normalized spacial score (nSPS) is 13.6. The molecule has 0 saturated carbocycles. The SMILES string of the molecule is Cc1cc(C)nc(N/C(=N/C(=S)Nc2ccc(Oc3ccccc3)cc2)N2CCN(c3ccccc3)CC2)n1. The van der Waals surface area contributed by atoms with Crippen LogP contribution in [0.2, 0.25) is 0 Å². The van der Waals surface area contributed by atoms with E-state index in [1.165, 1.54) is 5.69 Å². The monoisotopic (exact) mass is 537 g/mol. The van der Waals surface area contributed by atoms with Crippen molar-refractivity contribution < 1.29 is 4.74 Å². The molecule has 3 aromatic carbocycles. The first-order chi connectivity index (χ1) is 19.0. The van der Waals surface area contributed by atoms with Crippen LogP contribution >= 0.6 is 12.2 Å². The summed E-state index contributed by atoms with van der Waals surface area (Å²) in [5.74, 6) is 2.65. The summed E-state index contributed by atoms with van der Waals surface area (Å²) < 4.78 is 5.89. The van der Waals surface area contributed by atoms with E-state index in [4.69, 9.17) is 21.9 Å². The van der Waals surface area contributed by atoms with E-state index < -0.39 is 0 Å². The Morgan fingerprint density at radius 1 is 0.769 bits per heavy atom. The number of hydrogen-bond acceptors (Lipinski definition) is 5. The quantitative estimate of drug-likeness (QED) is 0.186. The van der Waals surface area contributed by atoms with Crippen molar-refractivity contribution in [3.8, 4) is 11.5 Å². The van der Waals surface area contributed by atoms with Crippen LogP contribution in [0.15, 0.2) is 96.0 Å². The number of rotatable bonds is 5. The number of guanidine groups is 1. The van der Waals surface area contributed by atoms with Gasteiger partial charge in [-0.2, -0.15) is 4.99 Å². The highest BCUT2D eigenvalue weighted by Gasteiger charge is 2.21. The number of benzene rings is 3. The standard InChI is InChI=1S/C30H31N7OS/c1-22-21-23(2)32-28(31-22)34-29(37-19-17-36(18-20-37)25-9-5-3-6-10-25)35-30(39)33-24-13-15-27(16-14-24)38-26-11-7-4-8-12-26/h3-16,21H,17-20H2,1-2H3,(H2,31,32,33,34,35,39). The Kier molecular flexibility index (Phi) is 8.28. The Balaban J connectivity index is 1.29. The molecule has 0 aliphatic carbocycles. The summed E-state index contributed by atoms with van der Waals surface area (Å²) in [5.41, 5.74) is 3.81. The average molecular weight is 538 g/mol. The van der Waals surface area contributed by atoms with Crippen molar-refractivity contribution in [2.75, 3.05) is 41.7 Å². The fraction of sp³-hybridized carbons (Fsp3) is 0.200. The molecular weight excluding hydrogens is 506 g/mol. The third-order valence-electron chi connectivity index (χ3n) is 6.20. The van der Waals surface area contributed by atoms with Gasteiger partial charge in [-0.05, 0) is 80.7 Å². The van der Waals surface area contributed by atoms with Gasteiger partial charge in [0.25, 0.3) is 0 Å². The van der Waals surface area contributed by atoms with Gasteiger partial charge in [0, 0.05) is 48.9 Å². The average Bonchev–Trinajstić information content (AvgIpc) is 2.94. The second-order valence-corrected chi connectivity index (χ2v) is 9.60. The molecule has 5 rings (SSSR count). The summed E-state index contributed by atoms with van der Waals surface area (Å²) in [6, 6.07) is 29.7. The van der Waals surface area contributed by atoms with Gasteiger partial charge in [-0.15, -0.1) is 0 Å². The molecule has 1 saturated heterocycles. The molecule has 0 radical (unpaired) electrons. The molecule has 0 unspecified atom stereocenters. The molecule has 0 spiro atoms. The number of para-hydroxylation sites is 2. The maximum absolute atomic E-state index is 5.89. The minimum Gasteiger partial charge on any atom is -0.457 e. The molecule has 0 amide bonds. The number of aliphatic imine (C=N–C) groups is 1. The van der Waals surface area contributed by atoms with E-state index in [2.05, 4.69) is 54.7 Å². The summed E-state index contributed by atoms with van der Waals surface area (Å²) in [5, 5.41) is 6.88. The summed E-state index contributed by atoms with van der Waals surface area (Å²) >= 11 is 5.64. The molecule has 1 fully saturated rings. The molecular formula is C30H31N7OS. The molecule has 198 valence electrons. The van der Waals surface area contributed by atoms with Gasteiger partial charge in [-0.3, -0.25) is 5.32 Å². The Morgan fingerprint density at radius 3 is 2.00 bits per heavy atom. The fourth-order valence-corrected chi connectivity index (χ4v) is 4.56. The van der Waals surface area contributed by atoms with Crippen LogP contribution in [0.25, 0.3) is 0 Å². The summed E-state index contributed by atoms with van der Waals surface area (Å²) in [4.78, 5) is 18.4. The first-order valence-corrected chi connectivity index (χ1v) is 13.3. The van der Waals surface area contributed by atoms with Gasteiger partial charge in [0.2, 0.25) is 17.0 Å². The highest BCUT2D eigenvalue weighted by molar-refractivity contribution is 7.80. The van der Waals surface area contributed by atoms with Gasteiger partial charge in [0.15, 0.2) is 0 Å². The van der Waals surface area contributed by atoms with Gasteiger partial charge < -0.3 is 19.9 Å². The van der Waals surface area contributed by atoms with Gasteiger partial charge in [0.1, 0.15) is 11.5 Å². The van der Waals surface area contributed by atoms with Crippen molar-refractivity contribution in [3.05, 3.63) is 102 Å². The highest BCUT2D eigenvalue weighted by Crippen LogP contribution is 2.23. The maximum atomic E-state index is 5.89. The van der Waals surface area contributed by atoms with Crippen LogP contribution in [-0.4, -0.2) is 52.1 Å². The largest absolute Gasteiger partial charge is 0.457 e. The molecule has 2 N–H and O–H groups in total. The van der Waals surface area contributed by atoms with Crippen molar-refractivity contribution in [1.29, 1.82) is 0 Å². The lowest BCUT2D eigenvalue weighted by molar-refractivity contribution is 0.385. The number of anilines is 3. The molecule has 9 heteroatoms. The molecule has 0 atom stereocenters. The van der Waals surface area contributed by atoms with Crippen LogP contribution in [0.3, 0.4) is 0 Å². The zero-order valence-electron chi connectivity index (χ0n) is 22.0. The van der Waals surface area contributed by atoms with E-state index in [0.717, 1.165) is 54.8 Å². The molecule has 1 aromatic heterocycles. The number of ether oxygens (including phenoxy) is 1. The molecule has 0 bridgehead atoms. The van der Waals surface area contributed by atoms with Gasteiger partial charge in [-0.1, -0.05) is 36.4 Å². The van der Waals surface area contributed by atoms with E-state index in [-0.39, 0.29) is 0 Å². The van der Waals surface area contributed by atoms with Crippen LogP contribution in [0.4, 0.5) is 17.3 Å². The number of nitrogens with zero attached hydrogens (tertiary/aromatic N) is 5. The third kappa shape index (κ3) is 7.30. The number of aromatic nitrogens is 2. The molecule has 4 aromatic rings. The molecule has 8 nitrogen and oxygen atoms in total. The van der Waals surface area contributed by atoms with Crippen molar-refractivity contribution in [2.24, 2.45) is 4.99 Å². The number of aryl methyl sites for hydroxylation is 2. The Morgan fingerprint density at radius 2 is 1.36 bits per heavy atom. The van der Waals surface area contributed by atoms with Crippen LogP contribution in [0.1, 0.15) is 11.4 Å². The van der Waals surface area contributed by atoms with Crippen molar-refractivity contribution in [2.45, 2.75) is 13.8 Å². The predicted octanol–water partition coefficient (Wildman–Crippen LogP) is 5.87. The number of piperazine rings is 1. The highest BCUT2D eigenvalue weighted by atomic mass is 32.1. The Hall–Kier alpha value is -4.50. The zero-order valence-corrected chi connectivity index (χ0v) is 22.9. The van der Waals surface area contributed by atoms with Crippen molar-refractivity contribution >= 4 is 40.6 Å². The second-order valence-electron chi connectivity index (χ2n) is 9.21. The fourth-order valence-electron chi connectivity index (χ4n) is 4.35. The van der Waals surface area contributed by atoms with E-state index >= 15 is 0 Å². The lowest BCUT2D eigenvalue weighted by Gasteiger charge is -2.37. The van der Waals surface area contributed by atoms with Crippen LogP contribution in [-0.2, 0) is 0 Å². The lowest BCUT2D eigenvalue weighted by atomic mass is 10.2. The third-order valence-corrected chi connectivity index (χ3v) is 6.39. The smallest absolute Gasteiger partial charge is 0.229 e. The predicted molar refractivity (Wildman–Crippen MR) is 162 cm³/mol. The number of nitrogens with one attached hydrogen (secondary N) is 2. The lowest BCUT2D eigenvalue weighted by Crippen LogP contribution is -2.51. The molecule has 1 aliphatic rings. The van der Waals surface area contributed by atoms with E-state index in [1.54, 1.807) is 0 Å². The van der Waals surface area contributed by atoms with Crippen molar-refractivity contribution in [1.82, 2.24) is 14.9 Å². The Labute approximate surface area is 234 Å². The van der Waals surface area contributed by atoms with E-state index in [1.807, 2.05) is 80.6 Å². The molecule has 39 heavy (non-hydrogen) atoms. The summed E-state index contributed by atoms with van der Waals surface area (Å²) in [6.07, 6.45) is 0. The van der Waals surface area contributed by atoms with E-state index in [0.29, 0.717) is 17.0 Å². The molecule has 1 aliphatic heterocycles. The zero-order chi connectivity index (χ0) is 27.0. The van der Waals surface area contributed by atoms with Crippen LogP contribution in [0, 0.1) is 13.8 Å². The first kappa shape index (κ1) is 26.1. The van der Waals surface area contributed by atoms with E-state index in [9.17, 15) is 0 Å². The van der Waals surface area contributed by atoms with Gasteiger partial charge in [-0.25, -0.2) is 9.97 Å².